The predicted octanol–water partition coefficient (Wildman–Crippen LogP) is 1.25. The second-order valence-corrected chi connectivity index (χ2v) is 6.35. The average molecular weight is 297 g/mol. The molecule has 0 spiro atoms. The van der Waals surface area contributed by atoms with E-state index in [9.17, 15) is 4.79 Å². The van der Waals surface area contributed by atoms with Crippen LogP contribution in [0.15, 0.2) is 36.9 Å². The van der Waals surface area contributed by atoms with Crippen LogP contribution in [-0.4, -0.2) is 26.7 Å². The smallest absolute Gasteiger partial charge is 0.227 e. The number of nitrogens with two attached hydrogens (primary N) is 1. The number of hydrogen-bond acceptors (Lipinski definition) is 4. The average Bonchev–Trinajstić information content (AvgIpc) is 3.09. The lowest BCUT2D eigenvalue weighted by atomic mass is 10.0. The van der Waals surface area contributed by atoms with E-state index in [0.29, 0.717) is 18.4 Å². The van der Waals surface area contributed by atoms with Gasteiger partial charge in [-0.1, -0.05) is 6.07 Å². The van der Waals surface area contributed by atoms with Crippen LogP contribution in [0, 0.1) is 17.8 Å². The van der Waals surface area contributed by atoms with E-state index in [2.05, 4.69) is 15.4 Å². The van der Waals surface area contributed by atoms with Crippen molar-refractivity contribution in [1.29, 1.82) is 0 Å². The fraction of sp³-hybridized carbons (Fsp3) is 0.438. The Balaban J connectivity index is 1.39. The summed E-state index contributed by atoms with van der Waals surface area (Å²) in [4.78, 5) is 16.4. The van der Waals surface area contributed by atoms with Crippen LogP contribution in [0.5, 0.6) is 0 Å². The van der Waals surface area contributed by atoms with Crippen LogP contribution in [0.1, 0.15) is 18.4 Å². The van der Waals surface area contributed by atoms with Crippen molar-refractivity contribution in [2.24, 2.45) is 23.5 Å². The largest absolute Gasteiger partial charge is 0.327 e. The quantitative estimate of drug-likeness (QED) is 0.889. The van der Waals surface area contributed by atoms with Gasteiger partial charge in [-0.2, -0.15) is 5.10 Å². The predicted molar refractivity (Wildman–Crippen MR) is 81.9 cm³/mol. The first-order valence-electron chi connectivity index (χ1n) is 7.68. The summed E-state index contributed by atoms with van der Waals surface area (Å²) in [5, 5.41) is 7.26. The van der Waals surface area contributed by atoms with Gasteiger partial charge in [-0.3, -0.25) is 14.5 Å². The zero-order chi connectivity index (χ0) is 15.1. The molecule has 0 unspecified atom stereocenters. The zero-order valence-corrected chi connectivity index (χ0v) is 12.2. The molecule has 0 aliphatic heterocycles. The number of amides is 1. The highest BCUT2D eigenvalue weighted by Gasteiger charge is 2.55. The third-order valence-electron chi connectivity index (χ3n) is 4.79. The first-order chi connectivity index (χ1) is 10.7. The number of carbonyl (C=O) groups excluding carboxylic acids is 1. The number of aromatic nitrogens is 3. The molecule has 2 aromatic heterocycles. The highest BCUT2D eigenvalue weighted by molar-refractivity contribution is 5.93. The first-order valence-corrected chi connectivity index (χ1v) is 7.68. The van der Waals surface area contributed by atoms with Crippen molar-refractivity contribution < 1.29 is 4.79 Å². The zero-order valence-electron chi connectivity index (χ0n) is 12.2. The van der Waals surface area contributed by atoms with E-state index in [-0.39, 0.29) is 17.9 Å². The van der Waals surface area contributed by atoms with Gasteiger partial charge >= 0.3 is 0 Å². The molecule has 2 saturated carbocycles. The summed E-state index contributed by atoms with van der Waals surface area (Å²) in [6.45, 7) is 0.642. The number of fused-ring (bicyclic) bond motifs is 1. The third kappa shape index (κ3) is 2.50. The summed E-state index contributed by atoms with van der Waals surface area (Å²) in [5.41, 5.74) is 7.85. The topological polar surface area (TPSA) is 85.8 Å². The Bertz CT molecular complexity index is 683. The van der Waals surface area contributed by atoms with Gasteiger partial charge in [-0.15, -0.1) is 0 Å². The van der Waals surface area contributed by atoms with E-state index >= 15 is 0 Å². The molecule has 2 fully saturated rings. The Kier molecular flexibility index (Phi) is 3.18. The van der Waals surface area contributed by atoms with Gasteiger partial charge in [0.05, 0.1) is 18.4 Å². The molecule has 6 nitrogen and oxygen atoms in total. The van der Waals surface area contributed by atoms with Gasteiger partial charge in [0.1, 0.15) is 0 Å². The molecule has 0 bridgehead atoms. The van der Waals surface area contributed by atoms with Crippen LogP contribution in [0.25, 0.3) is 0 Å². The second kappa shape index (κ2) is 5.21. The van der Waals surface area contributed by atoms with Gasteiger partial charge < -0.3 is 11.1 Å². The Morgan fingerprint density at radius 2 is 2.27 bits per heavy atom. The van der Waals surface area contributed by atoms with Crippen LogP contribution in [0.4, 0.5) is 5.69 Å². The summed E-state index contributed by atoms with van der Waals surface area (Å²) in [7, 11) is 0. The highest BCUT2D eigenvalue weighted by atomic mass is 16.1. The molecule has 1 amide bonds. The lowest BCUT2D eigenvalue weighted by Gasteiger charge is -2.12. The minimum Gasteiger partial charge on any atom is -0.327 e. The van der Waals surface area contributed by atoms with Crippen molar-refractivity contribution in [3.05, 3.63) is 42.5 Å². The number of hydrogen-bond donors (Lipinski definition) is 2. The second-order valence-electron chi connectivity index (χ2n) is 6.35. The number of nitrogens with zero attached hydrogens (tertiary/aromatic N) is 3. The molecule has 2 aliphatic carbocycles. The van der Waals surface area contributed by atoms with E-state index in [1.54, 1.807) is 17.1 Å². The summed E-state index contributed by atoms with van der Waals surface area (Å²) in [6.07, 6.45) is 9.02. The molecule has 3 N–H and O–H groups in total. The minimum absolute atomic E-state index is 0.0710. The maximum absolute atomic E-state index is 12.4. The van der Waals surface area contributed by atoms with Crippen molar-refractivity contribution in [2.75, 3.05) is 5.32 Å². The molecule has 2 aliphatic rings. The molecule has 4 rings (SSSR count). The molecule has 114 valence electrons. The maximum atomic E-state index is 12.4. The monoisotopic (exact) mass is 297 g/mol. The molecule has 2 heterocycles. The Morgan fingerprint density at radius 3 is 2.95 bits per heavy atom. The summed E-state index contributed by atoms with van der Waals surface area (Å²) in [6, 6.07) is 4.10. The van der Waals surface area contributed by atoms with E-state index in [4.69, 9.17) is 5.73 Å². The maximum Gasteiger partial charge on any atom is 0.227 e. The van der Waals surface area contributed by atoms with E-state index in [0.717, 1.165) is 24.1 Å². The van der Waals surface area contributed by atoms with Crippen molar-refractivity contribution >= 4 is 11.6 Å². The fourth-order valence-corrected chi connectivity index (χ4v) is 3.56. The lowest BCUT2D eigenvalue weighted by molar-refractivity contribution is -0.120. The van der Waals surface area contributed by atoms with Crippen LogP contribution in [0.3, 0.4) is 0 Å². The van der Waals surface area contributed by atoms with Crippen molar-refractivity contribution in [3.8, 4) is 0 Å². The van der Waals surface area contributed by atoms with Crippen LogP contribution in [0.2, 0.25) is 0 Å². The SMILES string of the molecule is N[C@@H]1C[C@H](C(=O)Nc2cnn(Cc3cccnc3)c2)[C@H]2C[C@H]21. The molecule has 22 heavy (non-hydrogen) atoms. The van der Waals surface area contributed by atoms with Gasteiger partial charge in [-0.05, 0) is 36.3 Å². The normalized spacial score (nSPS) is 29.1. The van der Waals surface area contributed by atoms with Crippen LogP contribution < -0.4 is 11.1 Å². The molecule has 2 aromatic rings. The molecular weight excluding hydrogens is 278 g/mol. The minimum atomic E-state index is 0.0710. The van der Waals surface area contributed by atoms with Gasteiger partial charge in [0.2, 0.25) is 5.91 Å². The summed E-state index contributed by atoms with van der Waals surface area (Å²) in [5.74, 6) is 1.23. The van der Waals surface area contributed by atoms with Crippen LogP contribution in [-0.2, 0) is 11.3 Å². The van der Waals surface area contributed by atoms with Crippen molar-refractivity contribution in [1.82, 2.24) is 14.8 Å². The molecule has 0 aromatic carbocycles. The molecule has 4 atom stereocenters. The fourth-order valence-electron chi connectivity index (χ4n) is 3.56. The van der Waals surface area contributed by atoms with Gasteiger partial charge in [0.25, 0.3) is 0 Å². The van der Waals surface area contributed by atoms with Gasteiger partial charge in [-0.25, -0.2) is 0 Å². The van der Waals surface area contributed by atoms with Gasteiger partial charge in [0.15, 0.2) is 0 Å². The van der Waals surface area contributed by atoms with E-state index < -0.39 is 0 Å². The molecule has 6 heteroatoms. The Morgan fingerprint density at radius 1 is 1.36 bits per heavy atom. The third-order valence-corrected chi connectivity index (χ3v) is 4.79. The van der Waals surface area contributed by atoms with Crippen molar-refractivity contribution in [2.45, 2.75) is 25.4 Å². The molecular formula is C16H19N5O. The standard InChI is InChI=1S/C16H19N5O/c17-15-5-14(12-4-13(12)15)16(22)20-11-7-19-21(9-11)8-10-2-1-3-18-6-10/h1-3,6-7,9,12-15H,4-5,8,17H2,(H,20,22)/t12-,13+,14-,15+/m0/s1. The van der Waals surface area contributed by atoms with E-state index in [1.807, 2.05) is 24.5 Å². The Hall–Kier alpha value is -2.21. The highest BCUT2D eigenvalue weighted by Crippen LogP contribution is 2.54. The molecule has 0 radical (unpaired) electrons. The number of pyridine rings is 1. The number of anilines is 1. The summed E-state index contributed by atoms with van der Waals surface area (Å²) >= 11 is 0. The number of rotatable bonds is 4. The molecule has 0 saturated heterocycles. The van der Waals surface area contributed by atoms with Crippen LogP contribution >= 0.6 is 0 Å². The van der Waals surface area contributed by atoms with Gasteiger partial charge in [0, 0.05) is 30.6 Å². The lowest BCUT2D eigenvalue weighted by Crippen LogP contribution is -2.26. The number of carbonyl (C=O) groups is 1. The van der Waals surface area contributed by atoms with Crippen molar-refractivity contribution in [3.63, 3.8) is 0 Å². The first kappa shape index (κ1) is 13.5. The number of nitrogens with one attached hydrogen (secondary N) is 1. The Labute approximate surface area is 128 Å². The van der Waals surface area contributed by atoms with E-state index in [1.165, 1.54) is 0 Å². The summed E-state index contributed by atoms with van der Waals surface area (Å²) < 4.78 is 1.80.